The predicted molar refractivity (Wildman–Crippen MR) is 91.5 cm³/mol. The quantitative estimate of drug-likeness (QED) is 0.765. The number of anilines is 1. The largest absolute Gasteiger partial charge is 0.380 e. The first-order valence-electron chi connectivity index (χ1n) is 6.99. The van der Waals surface area contributed by atoms with Crippen molar-refractivity contribution in [3.8, 4) is 0 Å². The molecule has 0 saturated heterocycles. The highest BCUT2D eigenvalue weighted by molar-refractivity contribution is 8.00. The molecule has 0 saturated carbocycles. The molecule has 3 N–H and O–H groups in total. The van der Waals surface area contributed by atoms with Gasteiger partial charge in [-0.3, -0.25) is 9.59 Å². The molecule has 0 radical (unpaired) electrons. The molecule has 0 heterocycles. The third-order valence-corrected chi connectivity index (χ3v) is 4.13. The van der Waals surface area contributed by atoms with Crippen LogP contribution in [0.2, 0.25) is 0 Å². The molecule has 0 spiro atoms. The van der Waals surface area contributed by atoms with Gasteiger partial charge in [-0.1, -0.05) is 24.3 Å². The minimum absolute atomic E-state index is 0.165. The summed E-state index contributed by atoms with van der Waals surface area (Å²) in [6.45, 7) is 0.508. The first-order chi connectivity index (χ1) is 11.1. The predicted octanol–water partition coefficient (Wildman–Crippen LogP) is 2.66. The van der Waals surface area contributed by atoms with E-state index in [1.54, 1.807) is 25.3 Å². The number of rotatable bonds is 7. The van der Waals surface area contributed by atoms with Crippen LogP contribution < -0.4 is 11.1 Å². The van der Waals surface area contributed by atoms with Crippen LogP contribution in [0.5, 0.6) is 0 Å². The zero-order valence-corrected chi connectivity index (χ0v) is 13.6. The van der Waals surface area contributed by atoms with Gasteiger partial charge in [0.1, 0.15) is 0 Å². The molecular weight excluding hydrogens is 312 g/mol. The summed E-state index contributed by atoms with van der Waals surface area (Å²) in [6.07, 6.45) is 0. The number of carbonyl (C=O) groups is 2. The topological polar surface area (TPSA) is 81.4 Å². The Morgan fingerprint density at radius 1 is 1.13 bits per heavy atom. The monoisotopic (exact) mass is 330 g/mol. The van der Waals surface area contributed by atoms with Crippen LogP contribution in [0.1, 0.15) is 15.9 Å². The fourth-order valence-electron chi connectivity index (χ4n) is 1.96. The van der Waals surface area contributed by atoms with E-state index >= 15 is 0 Å². The molecule has 0 aliphatic heterocycles. The van der Waals surface area contributed by atoms with E-state index in [0.29, 0.717) is 17.9 Å². The van der Waals surface area contributed by atoms with Gasteiger partial charge in [-0.2, -0.15) is 0 Å². The van der Waals surface area contributed by atoms with Gasteiger partial charge < -0.3 is 15.8 Å². The van der Waals surface area contributed by atoms with Crippen molar-refractivity contribution in [1.29, 1.82) is 0 Å². The number of primary amides is 1. The number of hydrogen-bond donors (Lipinski definition) is 2. The van der Waals surface area contributed by atoms with E-state index in [4.69, 9.17) is 10.5 Å². The van der Waals surface area contributed by atoms with Crippen molar-refractivity contribution in [3.63, 3.8) is 0 Å². The highest BCUT2D eigenvalue weighted by Gasteiger charge is 2.10. The standard InChI is InChI=1S/C17H18N2O3S/c1-22-10-12-6-8-13(9-7-12)17(21)19-14-4-2-3-5-15(14)23-11-16(18)20/h2-9H,10-11H2,1H3,(H2,18,20)(H,19,21). The third-order valence-electron chi connectivity index (χ3n) is 3.03. The van der Waals surface area contributed by atoms with Crippen LogP contribution in [-0.4, -0.2) is 24.7 Å². The molecule has 0 bridgehead atoms. The van der Waals surface area contributed by atoms with Crippen LogP contribution in [0.25, 0.3) is 0 Å². The van der Waals surface area contributed by atoms with Crippen molar-refractivity contribution in [2.24, 2.45) is 5.73 Å². The number of amides is 2. The molecule has 2 aromatic carbocycles. The summed E-state index contributed by atoms with van der Waals surface area (Å²) in [5.74, 6) is -0.440. The molecule has 2 aromatic rings. The number of methoxy groups -OCH3 is 1. The molecule has 0 atom stereocenters. The van der Waals surface area contributed by atoms with E-state index < -0.39 is 5.91 Å². The van der Waals surface area contributed by atoms with Crippen molar-refractivity contribution in [2.75, 3.05) is 18.2 Å². The molecule has 0 aliphatic rings. The van der Waals surface area contributed by atoms with Crippen LogP contribution in [0.4, 0.5) is 5.69 Å². The Kier molecular flexibility index (Phi) is 6.19. The summed E-state index contributed by atoms with van der Waals surface area (Å²) < 4.78 is 5.04. The maximum Gasteiger partial charge on any atom is 0.255 e. The van der Waals surface area contributed by atoms with Gasteiger partial charge in [0.2, 0.25) is 5.91 Å². The Bertz CT molecular complexity index is 686. The SMILES string of the molecule is COCc1ccc(C(=O)Nc2ccccc2SCC(N)=O)cc1. The molecule has 0 fully saturated rings. The van der Waals surface area contributed by atoms with Gasteiger partial charge in [-0.15, -0.1) is 11.8 Å². The lowest BCUT2D eigenvalue weighted by Crippen LogP contribution is -2.14. The number of nitrogens with two attached hydrogens (primary N) is 1. The summed E-state index contributed by atoms with van der Waals surface area (Å²) in [6, 6.07) is 14.5. The normalized spacial score (nSPS) is 10.3. The van der Waals surface area contributed by atoms with Crippen LogP contribution in [0.15, 0.2) is 53.4 Å². The van der Waals surface area contributed by atoms with Gasteiger partial charge in [-0.25, -0.2) is 0 Å². The van der Waals surface area contributed by atoms with Crippen LogP contribution in [0.3, 0.4) is 0 Å². The fraction of sp³-hybridized carbons (Fsp3) is 0.176. The van der Waals surface area contributed by atoms with Gasteiger partial charge in [0.15, 0.2) is 0 Å². The van der Waals surface area contributed by atoms with Crippen molar-refractivity contribution in [1.82, 2.24) is 0 Å². The van der Waals surface area contributed by atoms with Crippen LogP contribution in [-0.2, 0) is 16.1 Å². The number of nitrogens with one attached hydrogen (secondary N) is 1. The maximum absolute atomic E-state index is 12.3. The van der Waals surface area contributed by atoms with Gasteiger partial charge in [-0.05, 0) is 29.8 Å². The Hall–Kier alpha value is -2.31. The number of carbonyl (C=O) groups excluding carboxylic acids is 2. The average molecular weight is 330 g/mol. The molecule has 5 nitrogen and oxygen atoms in total. The van der Waals surface area contributed by atoms with E-state index in [0.717, 1.165) is 10.5 Å². The second-order valence-electron chi connectivity index (χ2n) is 4.84. The third kappa shape index (κ3) is 5.12. The smallest absolute Gasteiger partial charge is 0.255 e. The fourth-order valence-corrected chi connectivity index (χ4v) is 2.71. The second kappa shape index (κ2) is 8.36. The first kappa shape index (κ1) is 17.1. The Balaban J connectivity index is 2.09. The number of hydrogen-bond acceptors (Lipinski definition) is 4. The minimum atomic E-state index is -0.398. The van der Waals surface area contributed by atoms with E-state index in [1.165, 1.54) is 11.8 Å². The molecule has 0 aromatic heterocycles. The summed E-state index contributed by atoms with van der Waals surface area (Å²) >= 11 is 1.30. The lowest BCUT2D eigenvalue weighted by molar-refractivity contribution is -0.115. The van der Waals surface area contributed by atoms with E-state index in [1.807, 2.05) is 30.3 Å². The van der Waals surface area contributed by atoms with Gasteiger partial charge in [0.25, 0.3) is 5.91 Å². The molecule has 23 heavy (non-hydrogen) atoms. The van der Waals surface area contributed by atoms with E-state index in [2.05, 4.69) is 5.32 Å². The molecule has 120 valence electrons. The minimum Gasteiger partial charge on any atom is -0.380 e. The molecule has 2 rings (SSSR count). The number of benzene rings is 2. The lowest BCUT2D eigenvalue weighted by Gasteiger charge is -2.10. The summed E-state index contributed by atoms with van der Waals surface area (Å²) in [7, 11) is 1.63. The Morgan fingerprint density at radius 3 is 2.48 bits per heavy atom. The highest BCUT2D eigenvalue weighted by Crippen LogP contribution is 2.27. The van der Waals surface area contributed by atoms with Gasteiger partial charge in [0.05, 0.1) is 18.0 Å². The second-order valence-corrected chi connectivity index (χ2v) is 5.85. The molecule has 6 heteroatoms. The lowest BCUT2D eigenvalue weighted by atomic mass is 10.1. The number of para-hydroxylation sites is 1. The molecule has 0 aliphatic carbocycles. The zero-order chi connectivity index (χ0) is 16.7. The van der Waals surface area contributed by atoms with Gasteiger partial charge >= 0.3 is 0 Å². The van der Waals surface area contributed by atoms with Crippen molar-refractivity contribution < 1.29 is 14.3 Å². The molecule has 2 amide bonds. The van der Waals surface area contributed by atoms with E-state index in [-0.39, 0.29) is 11.7 Å². The Morgan fingerprint density at radius 2 is 1.83 bits per heavy atom. The Labute approximate surface area is 139 Å². The average Bonchev–Trinajstić information content (AvgIpc) is 2.55. The van der Waals surface area contributed by atoms with Crippen molar-refractivity contribution >= 4 is 29.3 Å². The number of ether oxygens (including phenoxy) is 1. The molecule has 0 unspecified atom stereocenters. The summed E-state index contributed by atoms with van der Waals surface area (Å²) in [4.78, 5) is 24.0. The summed E-state index contributed by atoms with van der Waals surface area (Å²) in [5.41, 5.74) is 7.38. The number of thioether (sulfide) groups is 1. The zero-order valence-electron chi connectivity index (χ0n) is 12.7. The van der Waals surface area contributed by atoms with Crippen molar-refractivity contribution in [2.45, 2.75) is 11.5 Å². The maximum atomic E-state index is 12.3. The van der Waals surface area contributed by atoms with E-state index in [9.17, 15) is 9.59 Å². The highest BCUT2D eigenvalue weighted by atomic mass is 32.2. The van der Waals surface area contributed by atoms with Crippen molar-refractivity contribution in [3.05, 3.63) is 59.7 Å². The summed E-state index contributed by atoms with van der Waals surface area (Å²) in [5, 5.41) is 2.86. The molecular formula is C17H18N2O3S. The van der Waals surface area contributed by atoms with Crippen LogP contribution >= 0.6 is 11.8 Å². The first-order valence-corrected chi connectivity index (χ1v) is 7.98. The van der Waals surface area contributed by atoms with Gasteiger partial charge in [0, 0.05) is 17.6 Å². The van der Waals surface area contributed by atoms with Crippen LogP contribution in [0, 0.1) is 0 Å².